The van der Waals surface area contributed by atoms with Crippen LogP contribution in [0, 0.1) is 12.8 Å². The molecule has 1 aliphatic carbocycles. The summed E-state index contributed by atoms with van der Waals surface area (Å²) < 4.78 is 0. The summed E-state index contributed by atoms with van der Waals surface area (Å²) in [5, 5.41) is 3.89. The van der Waals surface area contributed by atoms with Crippen LogP contribution >= 0.6 is 11.6 Å². The van der Waals surface area contributed by atoms with Crippen molar-refractivity contribution in [1.29, 1.82) is 0 Å². The van der Waals surface area contributed by atoms with Crippen LogP contribution in [0.3, 0.4) is 0 Å². The number of benzene rings is 1. The maximum Gasteiger partial charge on any atom is 0.240 e. The zero-order chi connectivity index (χ0) is 17.2. The minimum atomic E-state index is -0.639. The van der Waals surface area contributed by atoms with Crippen LogP contribution in [0.2, 0.25) is 5.02 Å². The minimum absolute atomic E-state index is 0.0413. The van der Waals surface area contributed by atoms with Crippen molar-refractivity contribution in [3.63, 3.8) is 0 Å². The number of amides is 1. The zero-order valence-electron chi connectivity index (χ0n) is 14.5. The lowest BCUT2D eigenvalue weighted by Gasteiger charge is -2.32. The molecular formula is C19H28ClN3O. The lowest BCUT2D eigenvalue weighted by Crippen LogP contribution is -2.55. The second-order valence-corrected chi connectivity index (χ2v) is 7.89. The van der Waals surface area contributed by atoms with Gasteiger partial charge in [-0.3, -0.25) is 4.79 Å². The molecule has 1 aromatic carbocycles. The van der Waals surface area contributed by atoms with E-state index in [4.69, 9.17) is 17.3 Å². The van der Waals surface area contributed by atoms with E-state index in [0.29, 0.717) is 12.5 Å². The molecule has 1 amide bonds. The van der Waals surface area contributed by atoms with Gasteiger partial charge in [-0.05, 0) is 49.8 Å². The molecular weight excluding hydrogens is 322 g/mol. The van der Waals surface area contributed by atoms with E-state index in [9.17, 15) is 4.79 Å². The van der Waals surface area contributed by atoms with Crippen LogP contribution in [0.25, 0.3) is 0 Å². The molecule has 0 aromatic heterocycles. The van der Waals surface area contributed by atoms with Gasteiger partial charge in [0.25, 0.3) is 0 Å². The van der Waals surface area contributed by atoms with E-state index < -0.39 is 5.54 Å². The smallest absolute Gasteiger partial charge is 0.240 e. The molecule has 0 radical (unpaired) electrons. The third-order valence-electron chi connectivity index (χ3n) is 5.55. The molecule has 1 aromatic rings. The van der Waals surface area contributed by atoms with E-state index in [1.165, 1.54) is 17.7 Å². The van der Waals surface area contributed by atoms with Crippen LogP contribution < -0.4 is 16.0 Å². The van der Waals surface area contributed by atoms with Crippen molar-refractivity contribution in [2.24, 2.45) is 11.7 Å². The first-order valence-electron chi connectivity index (χ1n) is 9.06. The number of nitrogens with one attached hydrogen (secondary N) is 1. The molecule has 3 N–H and O–H groups in total. The number of hydrogen-bond donors (Lipinski definition) is 2. The second-order valence-electron chi connectivity index (χ2n) is 7.46. The normalized spacial score (nSPS) is 23.3. The molecule has 2 aliphatic rings. The fraction of sp³-hybridized carbons (Fsp3) is 0.632. The van der Waals surface area contributed by atoms with Crippen molar-refractivity contribution in [3.05, 3.63) is 28.8 Å². The molecule has 1 saturated carbocycles. The molecule has 0 spiro atoms. The maximum atomic E-state index is 12.5. The van der Waals surface area contributed by atoms with Crippen LogP contribution in [0.4, 0.5) is 5.69 Å². The number of anilines is 1. The Hall–Kier alpha value is -1.26. The van der Waals surface area contributed by atoms with Crippen LogP contribution in [-0.4, -0.2) is 31.1 Å². The van der Waals surface area contributed by atoms with Crippen LogP contribution in [0.15, 0.2) is 18.2 Å². The van der Waals surface area contributed by atoms with Crippen molar-refractivity contribution < 1.29 is 4.79 Å². The summed E-state index contributed by atoms with van der Waals surface area (Å²) in [5.41, 5.74) is 8.12. The van der Waals surface area contributed by atoms with Crippen molar-refractivity contribution in [3.8, 4) is 0 Å². The number of aryl methyl sites for hydroxylation is 1. The monoisotopic (exact) mass is 349 g/mol. The Balaban J connectivity index is 1.53. The topological polar surface area (TPSA) is 58.4 Å². The van der Waals surface area contributed by atoms with Gasteiger partial charge < -0.3 is 16.0 Å². The second kappa shape index (κ2) is 7.32. The summed E-state index contributed by atoms with van der Waals surface area (Å²) in [6, 6.07) is 6.03. The number of rotatable bonds is 4. The van der Waals surface area contributed by atoms with Gasteiger partial charge in [0, 0.05) is 30.3 Å². The predicted molar refractivity (Wildman–Crippen MR) is 99.5 cm³/mol. The Morgan fingerprint density at radius 2 is 2.12 bits per heavy atom. The van der Waals surface area contributed by atoms with Gasteiger partial charge >= 0.3 is 0 Å². The van der Waals surface area contributed by atoms with Gasteiger partial charge in [0.05, 0.1) is 5.54 Å². The summed E-state index contributed by atoms with van der Waals surface area (Å²) in [4.78, 5) is 14.8. The summed E-state index contributed by atoms with van der Waals surface area (Å²) in [6.07, 6.45) is 6.05. The van der Waals surface area contributed by atoms with E-state index in [-0.39, 0.29) is 5.91 Å². The first-order chi connectivity index (χ1) is 11.5. The van der Waals surface area contributed by atoms with Crippen molar-refractivity contribution in [2.45, 2.75) is 51.0 Å². The van der Waals surface area contributed by atoms with Gasteiger partial charge in [0.15, 0.2) is 0 Å². The number of halogens is 1. The van der Waals surface area contributed by atoms with Gasteiger partial charge in [-0.25, -0.2) is 0 Å². The standard InChI is InChI=1S/C19H28ClN3O/c1-14-5-6-16(20)11-17(14)23-10-7-15(13-23)12-22-18(24)19(21)8-3-2-4-9-19/h5-6,11,15H,2-4,7-10,12-13,21H2,1H3,(H,22,24). The third-order valence-corrected chi connectivity index (χ3v) is 5.78. The number of nitrogens with two attached hydrogens (primary N) is 1. The fourth-order valence-electron chi connectivity index (χ4n) is 3.96. The van der Waals surface area contributed by atoms with Gasteiger partial charge in [-0.1, -0.05) is 36.9 Å². The molecule has 1 atom stereocenters. The lowest BCUT2D eigenvalue weighted by molar-refractivity contribution is -0.127. The van der Waals surface area contributed by atoms with E-state index in [0.717, 1.165) is 50.2 Å². The van der Waals surface area contributed by atoms with E-state index in [2.05, 4.69) is 23.2 Å². The average Bonchev–Trinajstić information content (AvgIpc) is 3.04. The predicted octanol–water partition coefficient (Wildman–Crippen LogP) is 3.25. The lowest BCUT2D eigenvalue weighted by atomic mass is 9.82. The van der Waals surface area contributed by atoms with E-state index >= 15 is 0 Å². The molecule has 3 rings (SSSR count). The van der Waals surface area contributed by atoms with Crippen LogP contribution in [0.1, 0.15) is 44.1 Å². The van der Waals surface area contributed by atoms with Crippen LogP contribution in [-0.2, 0) is 4.79 Å². The molecule has 1 unspecified atom stereocenters. The molecule has 0 bridgehead atoms. The highest BCUT2D eigenvalue weighted by molar-refractivity contribution is 6.30. The van der Waals surface area contributed by atoms with Gasteiger partial charge in [0.1, 0.15) is 0 Å². The Morgan fingerprint density at radius 3 is 2.88 bits per heavy atom. The minimum Gasteiger partial charge on any atom is -0.371 e. The summed E-state index contributed by atoms with van der Waals surface area (Å²) >= 11 is 6.14. The number of carbonyl (C=O) groups excluding carboxylic acids is 1. The number of carbonyl (C=O) groups is 1. The largest absolute Gasteiger partial charge is 0.371 e. The highest BCUT2D eigenvalue weighted by atomic mass is 35.5. The molecule has 1 heterocycles. The SMILES string of the molecule is Cc1ccc(Cl)cc1N1CCC(CNC(=O)C2(N)CCCCC2)C1. The van der Waals surface area contributed by atoms with Gasteiger partial charge in [-0.2, -0.15) is 0 Å². The average molecular weight is 350 g/mol. The first kappa shape index (κ1) is 17.6. The quantitative estimate of drug-likeness (QED) is 0.877. The molecule has 132 valence electrons. The molecule has 5 heteroatoms. The Kier molecular flexibility index (Phi) is 5.36. The highest BCUT2D eigenvalue weighted by Gasteiger charge is 2.35. The summed E-state index contributed by atoms with van der Waals surface area (Å²) in [6.45, 7) is 4.80. The molecule has 1 saturated heterocycles. The van der Waals surface area contributed by atoms with E-state index in [1.54, 1.807) is 0 Å². The third kappa shape index (κ3) is 3.86. The van der Waals surface area contributed by atoms with E-state index in [1.807, 2.05) is 12.1 Å². The van der Waals surface area contributed by atoms with Gasteiger partial charge in [-0.15, -0.1) is 0 Å². The molecule has 2 fully saturated rings. The Labute approximate surface area is 149 Å². The summed E-state index contributed by atoms with van der Waals surface area (Å²) in [7, 11) is 0. The maximum absolute atomic E-state index is 12.5. The zero-order valence-corrected chi connectivity index (χ0v) is 15.2. The number of nitrogens with zero attached hydrogens (tertiary/aromatic N) is 1. The summed E-state index contributed by atoms with van der Waals surface area (Å²) in [5.74, 6) is 0.513. The molecule has 4 nitrogen and oxygen atoms in total. The highest BCUT2D eigenvalue weighted by Crippen LogP contribution is 2.30. The Morgan fingerprint density at radius 1 is 1.38 bits per heavy atom. The first-order valence-corrected chi connectivity index (χ1v) is 9.44. The fourth-order valence-corrected chi connectivity index (χ4v) is 4.13. The molecule has 1 aliphatic heterocycles. The van der Waals surface area contributed by atoms with Crippen molar-refractivity contribution in [2.75, 3.05) is 24.5 Å². The number of hydrogen-bond acceptors (Lipinski definition) is 3. The molecule has 24 heavy (non-hydrogen) atoms. The van der Waals surface area contributed by atoms with Gasteiger partial charge in [0.2, 0.25) is 5.91 Å². The van der Waals surface area contributed by atoms with Crippen molar-refractivity contribution in [1.82, 2.24) is 5.32 Å². The Bertz CT molecular complexity index is 598. The van der Waals surface area contributed by atoms with Crippen molar-refractivity contribution >= 4 is 23.2 Å². The van der Waals surface area contributed by atoms with Crippen LogP contribution in [0.5, 0.6) is 0 Å².